The van der Waals surface area contributed by atoms with E-state index in [4.69, 9.17) is 10.2 Å². The lowest BCUT2D eigenvalue weighted by molar-refractivity contribution is 0.533. The molecule has 0 saturated heterocycles. The quantitative estimate of drug-likeness (QED) is 0.746. The van der Waals surface area contributed by atoms with E-state index in [0.717, 1.165) is 34.8 Å². The molecule has 0 fully saturated rings. The summed E-state index contributed by atoms with van der Waals surface area (Å²) in [5.41, 5.74) is 2.76. The van der Waals surface area contributed by atoms with Crippen LogP contribution in [-0.4, -0.2) is 10.2 Å². The minimum Gasteiger partial charge on any atom is -0.515 e. The lowest BCUT2D eigenvalue weighted by atomic mass is 10.0. The summed E-state index contributed by atoms with van der Waals surface area (Å²) in [6, 6.07) is 8.17. The summed E-state index contributed by atoms with van der Waals surface area (Å²) in [6.45, 7) is 0. The van der Waals surface area contributed by atoms with Crippen molar-refractivity contribution in [3.63, 3.8) is 0 Å². The third-order valence-electron chi connectivity index (χ3n) is 3.15. The zero-order valence-corrected chi connectivity index (χ0v) is 10.00. The van der Waals surface area contributed by atoms with Crippen molar-refractivity contribution in [3.05, 3.63) is 45.8 Å². The first-order chi connectivity index (χ1) is 8.31. The monoisotopic (exact) mass is 244 g/mol. The van der Waals surface area contributed by atoms with Crippen LogP contribution in [0.15, 0.2) is 24.3 Å². The first-order valence-electron chi connectivity index (χ1n) is 5.44. The van der Waals surface area contributed by atoms with Gasteiger partial charge in [-0.05, 0) is 46.2 Å². The molecule has 86 valence electrons. The molecule has 0 aromatic heterocycles. The topological polar surface area (TPSA) is 40.5 Å². The van der Waals surface area contributed by atoms with Gasteiger partial charge in [-0.15, -0.1) is 0 Å². The highest BCUT2D eigenvalue weighted by atomic mass is 32.2. The molecular weight excluding hydrogens is 232 g/mol. The van der Waals surface area contributed by atoms with Gasteiger partial charge in [-0.25, -0.2) is 0 Å². The van der Waals surface area contributed by atoms with Crippen molar-refractivity contribution < 1.29 is 10.2 Å². The molecule has 0 bridgehead atoms. The van der Waals surface area contributed by atoms with Crippen LogP contribution < -0.4 is 10.4 Å². The number of fused-ring (bicyclic) bond motifs is 2. The molecule has 3 rings (SSSR count). The van der Waals surface area contributed by atoms with E-state index in [1.165, 1.54) is 11.1 Å². The Balaban J connectivity index is 2.41. The second-order valence-electron chi connectivity index (χ2n) is 4.20. The summed E-state index contributed by atoms with van der Waals surface area (Å²) in [5, 5.41) is 21.8. The highest BCUT2D eigenvalue weighted by molar-refractivity contribution is 7.98. The van der Waals surface area contributed by atoms with E-state index < -0.39 is 0 Å². The molecule has 0 saturated carbocycles. The van der Waals surface area contributed by atoms with Gasteiger partial charge in [-0.1, -0.05) is 0 Å². The Morgan fingerprint density at radius 1 is 0.824 bits per heavy atom. The number of aliphatic hydroxyl groups excluding tert-OH is 2. The molecule has 0 aliphatic carbocycles. The van der Waals surface area contributed by atoms with Crippen LogP contribution in [0.25, 0.3) is 23.3 Å². The molecule has 3 heteroatoms. The molecule has 1 heterocycles. The number of thioether (sulfide) groups is 1. The minimum absolute atomic E-state index is 0.644. The van der Waals surface area contributed by atoms with Crippen LogP contribution in [0.4, 0.5) is 0 Å². The van der Waals surface area contributed by atoms with E-state index in [-0.39, 0.29) is 0 Å². The molecule has 0 amide bonds. The molecule has 0 radical (unpaired) electrons. The van der Waals surface area contributed by atoms with Gasteiger partial charge in [0.15, 0.2) is 0 Å². The highest BCUT2D eigenvalue weighted by Crippen LogP contribution is 2.32. The molecule has 1 aliphatic rings. The van der Waals surface area contributed by atoms with Crippen LogP contribution in [0.1, 0.15) is 11.1 Å². The SMILES string of the molecule is OC=c1cc2cc3c(cc2cc1=CO)CSC3. The van der Waals surface area contributed by atoms with Crippen LogP contribution in [0, 0.1) is 0 Å². The van der Waals surface area contributed by atoms with Gasteiger partial charge < -0.3 is 10.2 Å². The standard InChI is InChI=1S/C14H12O2S/c15-5-11-1-9-3-13-7-17-8-14(13)4-10(9)2-12(11)6-16/h1-6,15-16H,7-8H2. The fourth-order valence-electron chi connectivity index (χ4n) is 2.24. The molecular formula is C14H12O2S. The van der Waals surface area contributed by atoms with E-state index in [2.05, 4.69) is 12.1 Å². The molecule has 1 aliphatic heterocycles. The van der Waals surface area contributed by atoms with Crippen LogP contribution in [0.3, 0.4) is 0 Å². The Morgan fingerprint density at radius 2 is 1.29 bits per heavy atom. The summed E-state index contributed by atoms with van der Waals surface area (Å²) in [5.74, 6) is 2.13. The number of aliphatic hydroxyl groups is 2. The summed E-state index contributed by atoms with van der Waals surface area (Å²) in [4.78, 5) is 0. The van der Waals surface area contributed by atoms with Gasteiger partial charge in [0.25, 0.3) is 0 Å². The molecule has 0 unspecified atom stereocenters. The van der Waals surface area contributed by atoms with E-state index in [0.29, 0.717) is 10.4 Å². The third-order valence-corrected chi connectivity index (χ3v) is 4.18. The smallest absolute Gasteiger partial charge is 0.0871 e. The van der Waals surface area contributed by atoms with Crippen molar-refractivity contribution in [2.75, 3.05) is 0 Å². The van der Waals surface area contributed by atoms with E-state index >= 15 is 0 Å². The summed E-state index contributed by atoms with van der Waals surface area (Å²) in [7, 11) is 0. The summed E-state index contributed by atoms with van der Waals surface area (Å²) < 4.78 is 0. The number of benzene rings is 2. The van der Waals surface area contributed by atoms with Gasteiger partial charge in [0, 0.05) is 21.9 Å². The third kappa shape index (κ3) is 1.67. The highest BCUT2D eigenvalue weighted by Gasteiger charge is 2.11. The number of rotatable bonds is 0. The summed E-state index contributed by atoms with van der Waals surface area (Å²) >= 11 is 1.92. The predicted octanol–water partition coefficient (Wildman–Crippen LogP) is 2.18. The second-order valence-corrected chi connectivity index (χ2v) is 5.19. The number of hydrogen-bond acceptors (Lipinski definition) is 3. The van der Waals surface area contributed by atoms with Crippen molar-refractivity contribution in [1.82, 2.24) is 0 Å². The van der Waals surface area contributed by atoms with Crippen LogP contribution in [0.5, 0.6) is 0 Å². The molecule has 2 nitrogen and oxygen atoms in total. The normalized spacial score (nSPS) is 16.7. The lowest BCUT2D eigenvalue weighted by Gasteiger charge is -2.03. The van der Waals surface area contributed by atoms with E-state index in [1.54, 1.807) is 0 Å². The van der Waals surface area contributed by atoms with Gasteiger partial charge in [0.05, 0.1) is 12.5 Å². The number of hydrogen-bond donors (Lipinski definition) is 2. The maximum absolute atomic E-state index is 9.14. The van der Waals surface area contributed by atoms with Gasteiger partial charge in [0.1, 0.15) is 0 Å². The molecule has 0 spiro atoms. The van der Waals surface area contributed by atoms with Gasteiger partial charge in [0.2, 0.25) is 0 Å². The minimum atomic E-state index is 0.644. The average molecular weight is 244 g/mol. The van der Waals surface area contributed by atoms with Crippen molar-refractivity contribution in [2.45, 2.75) is 11.5 Å². The summed E-state index contributed by atoms with van der Waals surface area (Å²) in [6.07, 6.45) is 2.06. The van der Waals surface area contributed by atoms with E-state index in [1.807, 2.05) is 23.9 Å². The fourth-order valence-corrected chi connectivity index (χ4v) is 3.32. The Labute approximate surface area is 103 Å². The second kappa shape index (κ2) is 4.00. The van der Waals surface area contributed by atoms with Crippen molar-refractivity contribution in [1.29, 1.82) is 0 Å². The first-order valence-corrected chi connectivity index (χ1v) is 6.59. The van der Waals surface area contributed by atoms with Crippen molar-refractivity contribution in [2.24, 2.45) is 0 Å². The fraction of sp³-hybridized carbons (Fsp3) is 0.143. The Hall–Kier alpha value is -1.61. The maximum atomic E-state index is 9.14. The van der Waals surface area contributed by atoms with Crippen LogP contribution in [0.2, 0.25) is 0 Å². The Kier molecular flexibility index (Phi) is 2.48. The van der Waals surface area contributed by atoms with Crippen LogP contribution >= 0.6 is 11.8 Å². The Morgan fingerprint density at radius 3 is 1.71 bits per heavy atom. The zero-order chi connectivity index (χ0) is 11.8. The molecule has 17 heavy (non-hydrogen) atoms. The predicted molar refractivity (Wildman–Crippen MR) is 72.4 cm³/mol. The van der Waals surface area contributed by atoms with Gasteiger partial charge >= 0.3 is 0 Å². The van der Waals surface area contributed by atoms with Crippen molar-refractivity contribution >= 4 is 35.1 Å². The van der Waals surface area contributed by atoms with Crippen LogP contribution in [-0.2, 0) is 11.5 Å². The molecule has 2 N–H and O–H groups in total. The molecule has 2 aromatic rings. The zero-order valence-electron chi connectivity index (χ0n) is 9.18. The lowest BCUT2D eigenvalue weighted by Crippen LogP contribution is -2.24. The van der Waals surface area contributed by atoms with Crippen molar-refractivity contribution in [3.8, 4) is 0 Å². The van der Waals surface area contributed by atoms with Gasteiger partial charge in [-0.2, -0.15) is 11.8 Å². The first kappa shape index (κ1) is 10.5. The van der Waals surface area contributed by atoms with E-state index in [9.17, 15) is 0 Å². The maximum Gasteiger partial charge on any atom is 0.0871 e. The van der Waals surface area contributed by atoms with Gasteiger partial charge in [-0.3, -0.25) is 0 Å². The molecule has 0 atom stereocenters. The average Bonchev–Trinajstić information content (AvgIpc) is 2.81. The molecule has 2 aromatic carbocycles. The largest absolute Gasteiger partial charge is 0.515 e. The Bertz CT molecular complexity index is 644.